The van der Waals surface area contributed by atoms with Crippen molar-refractivity contribution < 1.29 is 13.2 Å². The predicted octanol–water partition coefficient (Wildman–Crippen LogP) is 6.07. The summed E-state index contributed by atoms with van der Waals surface area (Å²) in [6.45, 7) is 2.16. The van der Waals surface area contributed by atoms with Gasteiger partial charge < -0.3 is 0 Å². The number of benzene rings is 2. The summed E-state index contributed by atoms with van der Waals surface area (Å²) in [5.74, 6) is -0.909. The van der Waals surface area contributed by atoms with Crippen molar-refractivity contribution in [3.63, 3.8) is 0 Å². The van der Waals surface area contributed by atoms with E-state index >= 15 is 0 Å². The molecule has 2 aromatic rings. The normalized spacial score (nSPS) is 17.1. The molecule has 0 bridgehead atoms. The lowest BCUT2D eigenvalue weighted by Crippen LogP contribution is -2.17. The average Bonchev–Trinajstić information content (AvgIpc) is 2.54. The van der Waals surface area contributed by atoms with E-state index < -0.39 is 17.5 Å². The summed E-state index contributed by atoms with van der Waals surface area (Å²) in [5.41, 5.74) is 1.80. The van der Waals surface area contributed by atoms with Gasteiger partial charge in [0.15, 0.2) is 0 Å². The van der Waals surface area contributed by atoms with Crippen molar-refractivity contribution in [3.8, 4) is 11.1 Å². The van der Waals surface area contributed by atoms with Crippen molar-refractivity contribution in [3.05, 3.63) is 58.9 Å². The van der Waals surface area contributed by atoms with Crippen LogP contribution < -0.4 is 0 Å². The zero-order valence-corrected chi connectivity index (χ0v) is 13.3. The number of halogens is 3. The lowest BCUT2D eigenvalue weighted by molar-refractivity contribution is 0.403. The molecule has 0 heterocycles. The Kier molecular flexibility index (Phi) is 4.74. The largest absolute Gasteiger partial charge is 0.207 e. The standard InChI is InChI=1S/C20H21F3/c1-2-3-4-13-5-10-17-15(11-13)12-18(22)19(20(17)23)14-6-8-16(21)9-7-14/h6-9,12-13H,2-5,10-11H2,1H3. The lowest BCUT2D eigenvalue weighted by Gasteiger charge is -2.26. The van der Waals surface area contributed by atoms with Crippen molar-refractivity contribution in [1.82, 2.24) is 0 Å². The fraction of sp³-hybridized carbons (Fsp3) is 0.400. The molecule has 0 nitrogen and oxygen atoms in total. The molecule has 0 amide bonds. The Labute approximate surface area is 135 Å². The molecule has 0 radical (unpaired) electrons. The Hall–Kier alpha value is -1.77. The number of fused-ring (bicyclic) bond motifs is 1. The second-order valence-electron chi connectivity index (χ2n) is 6.44. The van der Waals surface area contributed by atoms with Crippen LogP contribution in [0, 0.1) is 23.4 Å². The third-order valence-electron chi connectivity index (χ3n) is 4.82. The first-order valence-electron chi connectivity index (χ1n) is 8.35. The lowest BCUT2D eigenvalue weighted by atomic mass is 9.80. The van der Waals surface area contributed by atoms with E-state index in [4.69, 9.17) is 0 Å². The molecule has 23 heavy (non-hydrogen) atoms. The van der Waals surface area contributed by atoms with Crippen molar-refractivity contribution in [2.24, 2.45) is 5.92 Å². The third kappa shape index (κ3) is 3.29. The minimum absolute atomic E-state index is 0.0317. The van der Waals surface area contributed by atoms with Gasteiger partial charge >= 0.3 is 0 Å². The van der Waals surface area contributed by atoms with Gasteiger partial charge in [0.05, 0.1) is 5.56 Å². The topological polar surface area (TPSA) is 0 Å². The molecule has 122 valence electrons. The summed E-state index contributed by atoms with van der Waals surface area (Å²) < 4.78 is 42.4. The van der Waals surface area contributed by atoms with E-state index in [1.54, 1.807) is 0 Å². The van der Waals surface area contributed by atoms with Gasteiger partial charge in [-0.15, -0.1) is 0 Å². The van der Waals surface area contributed by atoms with Crippen molar-refractivity contribution in [2.45, 2.75) is 45.4 Å². The second-order valence-corrected chi connectivity index (χ2v) is 6.44. The highest BCUT2D eigenvalue weighted by Crippen LogP contribution is 2.36. The number of hydrogen-bond donors (Lipinski definition) is 0. The molecule has 0 N–H and O–H groups in total. The van der Waals surface area contributed by atoms with Gasteiger partial charge in [0.1, 0.15) is 17.5 Å². The van der Waals surface area contributed by atoms with Crippen molar-refractivity contribution in [1.29, 1.82) is 0 Å². The summed E-state index contributed by atoms with van der Waals surface area (Å²) in [5, 5.41) is 0. The Morgan fingerprint density at radius 2 is 1.83 bits per heavy atom. The van der Waals surface area contributed by atoms with E-state index in [2.05, 4.69) is 6.92 Å². The molecule has 0 fully saturated rings. The molecule has 3 heteroatoms. The molecule has 1 aliphatic carbocycles. The summed E-state index contributed by atoms with van der Waals surface area (Å²) in [7, 11) is 0. The predicted molar refractivity (Wildman–Crippen MR) is 86.8 cm³/mol. The molecule has 0 spiro atoms. The van der Waals surface area contributed by atoms with Crippen LogP contribution in [-0.4, -0.2) is 0 Å². The maximum Gasteiger partial charge on any atom is 0.137 e. The van der Waals surface area contributed by atoms with Crippen LogP contribution >= 0.6 is 0 Å². The molecule has 2 aromatic carbocycles. The van der Waals surface area contributed by atoms with E-state index in [0.717, 1.165) is 31.2 Å². The van der Waals surface area contributed by atoms with E-state index in [9.17, 15) is 13.2 Å². The number of rotatable bonds is 4. The molecule has 0 saturated carbocycles. The Balaban J connectivity index is 1.95. The SMILES string of the molecule is CCCCC1CCc2c(cc(F)c(-c3ccc(F)cc3)c2F)C1. The maximum absolute atomic E-state index is 14.8. The number of hydrogen-bond acceptors (Lipinski definition) is 0. The Bertz CT molecular complexity index is 689. The maximum atomic E-state index is 14.8. The van der Waals surface area contributed by atoms with Gasteiger partial charge in [0, 0.05) is 0 Å². The van der Waals surface area contributed by atoms with E-state index in [1.165, 1.54) is 36.8 Å². The zero-order chi connectivity index (χ0) is 16.4. The Morgan fingerprint density at radius 3 is 2.52 bits per heavy atom. The highest BCUT2D eigenvalue weighted by molar-refractivity contribution is 5.67. The molecule has 1 aliphatic rings. The molecule has 0 aromatic heterocycles. The van der Waals surface area contributed by atoms with Gasteiger partial charge in [-0.2, -0.15) is 0 Å². The summed E-state index contributed by atoms with van der Waals surface area (Å²) in [6, 6.07) is 6.80. The fourth-order valence-corrected chi connectivity index (χ4v) is 3.54. The molecule has 1 unspecified atom stereocenters. The van der Waals surface area contributed by atoms with Crippen LogP contribution in [0.1, 0.15) is 43.7 Å². The molecule has 0 aliphatic heterocycles. The van der Waals surface area contributed by atoms with Gasteiger partial charge in [-0.05, 0) is 60.1 Å². The molecule has 1 atom stereocenters. The van der Waals surface area contributed by atoms with Gasteiger partial charge in [-0.25, -0.2) is 13.2 Å². The van der Waals surface area contributed by atoms with E-state index in [-0.39, 0.29) is 5.56 Å². The van der Waals surface area contributed by atoms with Crippen molar-refractivity contribution >= 4 is 0 Å². The second kappa shape index (κ2) is 6.77. The Morgan fingerprint density at radius 1 is 1.09 bits per heavy atom. The highest BCUT2D eigenvalue weighted by atomic mass is 19.1. The quantitative estimate of drug-likeness (QED) is 0.642. The van der Waals surface area contributed by atoms with Gasteiger partial charge in [-0.3, -0.25) is 0 Å². The van der Waals surface area contributed by atoms with Crippen LogP contribution in [0.5, 0.6) is 0 Å². The summed E-state index contributed by atoms with van der Waals surface area (Å²) >= 11 is 0. The smallest absolute Gasteiger partial charge is 0.137 e. The minimum Gasteiger partial charge on any atom is -0.207 e. The third-order valence-corrected chi connectivity index (χ3v) is 4.82. The molecule has 0 saturated heterocycles. The zero-order valence-electron chi connectivity index (χ0n) is 13.3. The van der Waals surface area contributed by atoms with Crippen LogP contribution in [-0.2, 0) is 12.8 Å². The van der Waals surface area contributed by atoms with Crippen LogP contribution in [0.3, 0.4) is 0 Å². The first-order chi connectivity index (χ1) is 11.1. The van der Waals surface area contributed by atoms with Crippen LogP contribution in [0.25, 0.3) is 11.1 Å². The van der Waals surface area contributed by atoms with Crippen LogP contribution in [0.2, 0.25) is 0 Å². The summed E-state index contributed by atoms with van der Waals surface area (Å²) in [4.78, 5) is 0. The fourth-order valence-electron chi connectivity index (χ4n) is 3.54. The average molecular weight is 318 g/mol. The first-order valence-corrected chi connectivity index (χ1v) is 8.35. The van der Waals surface area contributed by atoms with Crippen LogP contribution in [0.15, 0.2) is 30.3 Å². The minimum atomic E-state index is -0.552. The molecule has 3 rings (SSSR count). The first kappa shape index (κ1) is 16.1. The van der Waals surface area contributed by atoms with Gasteiger partial charge in [0.2, 0.25) is 0 Å². The van der Waals surface area contributed by atoms with Crippen molar-refractivity contribution in [2.75, 3.05) is 0 Å². The van der Waals surface area contributed by atoms with Gasteiger partial charge in [0.25, 0.3) is 0 Å². The van der Waals surface area contributed by atoms with E-state index in [0.29, 0.717) is 23.5 Å². The highest BCUT2D eigenvalue weighted by Gasteiger charge is 2.25. The monoisotopic (exact) mass is 318 g/mol. The van der Waals surface area contributed by atoms with Crippen LogP contribution in [0.4, 0.5) is 13.2 Å². The molecular formula is C20H21F3. The molecular weight excluding hydrogens is 297 g/mol. The van der Waals surface area contributed by atoms with Gasteiger partial charge in [-0.1, -0.05) is 38.3 Å². The summed E-state index contributed by atoms with van der Waals surface area (Å²) in [6.07, 6.45) is 5.81. The van der Waals surface area contributed by atoms with E-state index in [1.807, 2.05) is 0 Å². The number of unbranched alkanes of at least 4 members (excludes halogenated alkanes) is 1.